The van der Waals surface area contributed by atoms with Crippen molar-refractivity contribution < 1.29 is 8.42 Å². The molecule has 1 aromatic heterocycles. The van der Waals surface area contributed by atoms with Crippen LogP contribution in [0, 0.1) is 6.92 Å². The third-order valence-electron chi connectivity index (χ3n) is 3.78. The van der Waals surface area contributed by atoms with Crippen LogP contribution in [0.5, 0.6) is 0 Å². The first-order valence-corrected chi connectivity index (χ1v) is 8.85. The number of nitrogens with one attached hydrogen (secondary N) is 1. The molecule has 0 aliphatic heterocycles. The minimum absolute atomic E-state index is 0.427. The number of hydrogen-bond acceptors (Lipinski definition) is 4. The number of rotatable bonds is 5. The van der Waals surface area contributed by atoms with Crippen molar-refractivity contribution in [2.24, 2.45) is 0 Å². The van der Waals surface area contributed by atoms with Crippen molar-refractivity contribution in [1.29, 1.82) is 0 Å². The number of nitrogens with zero attached hydrogens (tertiary/aromatic N) is 1. The fraction of sp³-hybridized carbons (Fsp3) is 0.438. The maximum Gasteiger partial charge on any atom is 0.153 e. The van der Waals surface area contributed by atoms with Crippen LogP contribution in [-0.4, -0.2) is 30.9 Å². The molecule has 0 amide bonds. The molecule has 114 valence electrons. The molecule has 2 rings (SSSR count). The SMILES string of the molecule is Cc1ccc2cc(CNCC(C)(C)S(C)(=O)=O)ccc2n1. The first-order chi connectivity index (χ1) is 9.69. The number of hydrogen-bond donors (Lipinski definition) is 1. The van der Waals surface area contributed by atoms with Crippen molar-refractivity contribution in [3.63, 3.8) is 0 Å². The Morgan fingerprint density at radius 1 is 1.19 bits per heavy atom. The summed E-state index contributed by atoms with van der Waals surface area (Å²) in [4.78, 5) is 4.47. The second-order valence-electron chi connectivity index (χ2n) is 6.12. The maximum atomic E-state index is 11.7. The highest BCUT2D eigenvalue weighted by Gasteiger charge is 2.29. The van der Waals surface area contributed by atoms with E-state index in [9.17, 15) is 8.42 Å². The predicted molar refractivity (Wildman–Crippen MR) is 87.1 cm³/mol. The van der Waals surface area contributed by atoms with Crippen molar-refractivity contribution in [3.8, 4) is 0 Å². The van der Waals surface area contributed by atoms with Gasteiger partial charge in [-0.3, -0.25) is 4.98 Å². The molecule has 0 aliphatic carbocycles. The highest BCUT2D eigenvalue weighted by atomic mass is 32.2. The third-order valence-corrected chi connectivity index (χ3v) is 5.93. The van der Waals surface area contributed by atoms with Gasteiger partial charge in [-0.15, -0.1) is 0 Å². The Balaban J connectivity index is 2.06. The van der Waals surface area contributed by atoms with E-state index >= 15 is 0 Å². The monoisotopic (exact) mass is 306 g/mol. The Morgan fingerprint density at radius 2 is 1.90 bits per heavy atom. The van der Waals surface area contributed by atoms with Gasteiger partial charge in [0.15, 0.2) is 9.84 Å². The molecule has 0 radical (unpaired) electrons. The van der Waals surface area contributed by atoms with E-state index in [0.29, 0.717) is 13.1 Å². The van der Waals surface area contributed by atoms with Crippen molar-refractivity contribution in [1.82, 2.24) is 10.3 Å². The molecule has 0 unspecified atom stereocenters. The average Bonchev–Trinajstić information content (AvgIpc) is 2.37. The first-order valence-electron chi connectivity index (χ1n) is 6.96. The van der Waals surface area contributed by atoms with Crippen molar-refractivity contribution >= 4 is 20.7 Å². The van der Waals surface area contributed by atoms with E-state index in [1.54, 1.807) is 13.8 Å². The zero-order valence-corrected chi connectivity index (χ0v) is 13.8. The molecule has 0 saturated carbocycles. The Labute approximate surface area is 126 Å². The zero-order chi connectivity index (χ0) is 15.7. The van der Waals surface area contributed by atoms with Crippen LogP contribution in [0.4, 0.5) is 0 Å². The lowest BCUT2D eigenvalue weighted by Gasteiger charge is -2.22. The average molecular weight is 306 g/mol. The second kappa shape index (κ2) is 5.73. The van der Waals surface area contributed by atoms with Gasteiger partial charge in [-0.2, -0.15) is 0 Å². The van der Waals surface area contributed by atoms with Crippen LogP contribution in [-0.2, 0) is 16.4 Å². The van der Waals surface area contributed by atoms with Gasteiger partial charge in [0.25, 0.3) is 0 Å². The van der Waals surface area contributed by atoms with Gasteiger partial charge >= 0.3 is 0 Å². The number of benzene rings is 1. The summed E-state index contributed by atoms with van der Waals surface area (Å²) in [5.74, 6) is 0. The second-order valence-corrected chi connectivity index (χ2v) is 8.76. The van der Waals surface area contributed by atoms with Gasteiger partial charge in [0, 0.05) is 30.4 Å². The Kier molecular flexibility index (Phi) is 4.35. The van der Waals surface area contributed by atoms with Crippen molar-refractivity contribution in [2.75, 3.05) is 12.8 Å². The first kappa shape index (κ1) is 15.9. The summed E-state index contributed by atoms with van der Waals surface area (Å²) in [6.07, 6.45) is 1.28. The Bertz CT molecular complexity index is 752. The quantitative estimate of drug-likeness (QED) is 0.922. The summed E-state index contributed by atoms with van der Waals surface area (Å²) in [6.45, 7) is 6.52. The maximum absolute atomic E-state index is 11.7. The molecular weight excluding hydrogens is 284 g/mol. The molecule has 0 atom stereocenters. The van der Waals surface area contributed by atoms with Crippen molar-refractivity contribution in [3.05, 3.63) is 41.6 Å². The highest BCUT2D eigenvalue weighted by molar-refractivity contribution is 7.92. The van der Waals surface area contributed by atoms with E-state index in [0.717, 1.165) is 22.2 Å². The fourth-order valence-corrected chi connectivity index (χ4v) is 2.39. The molecule has 0 spiro atoms. The van der Waals surface area contributed by atoms with Gasteiger partial charge in [0.05, 0.1) is 10.3 Å². The van der Waals surface area contributed by atoms with Gasteiger partial charge in [0.2, 0.25) is 0 Å². The molecule has 4 nitrogen and oxygen atoms in total. The molecule has 0 bridgehead atoms. The fourth-order valence-electron chi connectivity index (χ4n) is 2.03. The van der Waals surface area contributed by atoms with Gasteiger partial charge in [-0.25, -0.2) is 8.42 Å². The van der Waals surface area contributed by atoms with E-state index in [4.69, 9.17) is 0 Å². The standard InChI is InChI=1S/C16H22N2O2S/c1-12-5-7-14-9-13(6-8-15(14)18-12)10-17-11-16(2,3)21(4,19)20/h5-9,17H,10-11H2,1-4H3. The van der Waals surface area contributed by atoms with E-state index in [2.05, 4.69) is 22.4 Å². The number of aryl methyl sites for hydroxylation is 1. The number of aromatic nitrogens is 1. The number of sulfone groups is 1. The van der Waals surface area contributed by atoms with Gasteiger partial charge in [-0.05, 0) is 44.5 Å². The van der Waals surface area contributed by atoms with E-state index in [1.165, 1.54) is 6.26 Å². The van der Waals surface area contributed by atoms with E-state index in [-0.39, 0.29) is 0 Å². The van der Waals surface area contributed by atoms with Gasteiger partial charge in [0.1, 0.15) is 0 Å². The summed E-state index contributed by atoms with van der Waals surface area (Å²) < 4.78 is 22.5. The smallest absolute Gasteiger partial charge is 0.153 e. The molecule has 0 saturated heterocycles. The zero-order valence-electron chi connectivity index (χ0n) is 13.0. The molecule has 1 N–H and O–H groups in total. The van der Waals surface area contributed by atoms with Crippen LogP contribution in [0.15, 0.2) is 30.3 Å². The lowest BCUT2D eigenvalue weighted by molar-refractivity contribution is 0.521. The number of fused-ring (bicyclic) bond motifs is 1. The molecular formula is C16H22N2O2S. The summed E-state index contributed by atoms with van der Waals surface area (Å²) in [7, 11) is -3.07. The summed E-state index contributed by atoms with van der Waals surface area (Å²) in [6, 6.07) is 10.2. The van der Waals surface area contributed by atoms with Gasteiger partial charge in [-0.1, -0.05) is 12.1 Å². The molecule has 1 heterocycles. The largest absolute Gasteiger partial charge is 0.311 e. The van der Waals surface area contributed by atoms with E-state index < -0.39 is 14.6 Å². The van der Waals surface area contributed by atoms with Crippen LogP contribution in [0.3, 0.4) is 0 Å². The highest BCUT2D eigenvalue weighted by Crippen LogP contribution is 2.16. The van der Waals surface area contributed by atoms with Crippen LogP contribution < -0.4 is 5.32 Å². The van der Waals surface area contributed by atoms with Gasteiger partial charge < -0.3 is 5.32 Å². The minimum Gasteiger partial charge on any atom is -0.311 e. The molecule has 1 aromatic carbocycles. The number of pyridine rings is 1. The molecule has 2 aromatic rings. The summed E-state index contributed by atoms with van der Waals surface area (Å²) in [5, 5.41) is 4.32. The normalized spacial score (nSPS) is 12.8. The molecule has 0 aliphatic rings. The molecule has 0 fully saturated rings. The van der Waals surface area contributed by atoms with Crippen molar-refractivity contribution in [2.45, 2.75) is 32.1 Å². The lowest BCUT2D eigenvalue weighted by Crippen LogP contribution is -2.41. The summed E-state index contributed by atoms with van der Waals surface area (Å²) >= 11 is 0. The predicted octanol–water partition coefficient (Wildman–Crippen LogP) is 2.46. The molecule has 5 heteroatoms. The van der Waals surface area contributed by atoms with Crippen LogP contribution in [0.25, 0.3) is 10.9 Å². The van der Waals surface area contributed by atoms with Crippen LogP contribution in [0.1, 0.15) is 25.1 Å². The van der Waals surface area contributed by atoms with E-state index in [1.807, 2.05) is 25.1 Å². The Morgan fingerprint density at radius 3 is 2.57 bits per heavy atom. The van der Waals surface area contributed by atoms with Crippen LogP contribution >= 0.6 is 0 Å². The lowest BCUT2D eigenvalue weighted by atomic mass is 10.1. The third kappa shape index (κ3) is 3.80. The molecule has 21 heavy (non-hydrogen) atoms. The van der Waals surface area contributed by atoms with Crippen LogP contribution in [0.2, 0.25) is 0 Å². The summed E-state index contributed by atoms with van der Waals surface area (Å²) in [5.41, 5.74) is 3.11. The Hall–Kier alpha value is -1.46. The minimum atomic E-state index is -3.07. The topological polar surface area (TPSA) is 59.1 Å².